The van der Waals surface area contributed by atoms with Gasteiger partial charge in [-0.05, 0) is 48.4 Å². The summed E-state index contributed by atoms with van der Waals surface area (Å²) in [4.78, 5) is 15.0. The summed E-state index contributed by atoms with van der Waals surface area (Å²) in [5, 5.41) is 2.90. The van der Waals surface area contributed by atoms with Crippen molar-refractivity contribution in [2.45, 2.75) is 6.42 Å². The standard InChI is InChI=1S/C23H23N3O3S/c1-25(30(2,28)29)22-13-12-19(26-15-14-17-8-6-7-11-21(17)26)16-20(22)24-23(27)18-9-4-3-5-10-18/h3-13,16H,14-15H2,1-2H3,(H,24,27). The summed E-state index contributed by atoms with van der Waals surface area (Å²) in [5.74, 6) is -0.294. The Morgan fingerprint density at radius 3 is 2.43 bits per heavy atom. The van der Waals surface area contributed by atoms with Crippen LogP contribution in [0.1, 0.15) is 15.9 Å². The number of fused-ring (bicyclic) bond motifs is 1. The van der Waals surface area contributed by atoms with Gasteiger partial charge in [0.05, 0.1) is 17.6 Å². The number of para-hydroxylation sites is 1. The van der Waals surface area contributed by atoms with Crippen LogP contribution in [0.3, 0.4) is 0 Å². The van der Waals surface area contributed by atoms with Gasteiger partial charge in [-0.15, -0.1) is 0 Å². The van der Waals surface area contributed by atoms with Gasteiger partial charge in [0.1, 0.15) is 0 Å². The third-order valence-corrected chi connectivity index (χ3v) is 6.49. The third-order valence-electron chi connectivity index (χ3n) is 5.30. The zero-order valence-electron chi connectivity index (χ0n) is 16.9. The van der Waals surface area contributed by atoms with E-state index in [1.165, 1.54) is 16.9 Å². The summed E-state index contributed by atoms with van der Waals surface area (Å²) < 4.78 is 25.5. The maximum atomic E-state index is 12.8. The van der Waals surface area contributed by atoms with Crippen molar-refractivity contribution >= 4 is 38.7 Å². The summed E-state index contributed by atoms with van der Waals surface area (Å²) >= 11 is 0. The van der Waals surface area contributed by atoms with E-state index in [9.17, 15) is 13.2 Å². The van der Waals surface area contributed by atoms with Gasteiger partial charge in [-0.1, -0.05) is 36.4 Å². The number of nitrogens with zero attached hydrogens (tertiary/aromatic N) is 2. The number of benzene rings is 3. The van der Waals surface area contributed by atoms with Crippen molar-refractivity contribution in [1.29, 1.82) is 0 Å². The Morgan fingerprint density at radius 1 is 1.00 bits per heavy atom. The molecule has 0 saturated carbocycles. The predicted octanol–water partition coefficient (Wildman–Crippen LogP) is 4.03. The molecule has 1 heterocycles. The minimum Gasteiger partial charge on any atom is -0.341 e. The van der Waals surface area contributed by atoms with Crippen LogP contribution in [0.4, 0.5) is 22.7 Å². The first kappa shape index (κ1) is 20.0. The Bertz CT molecular complexity index is 1190. The minimum absolute atomic E-state index is 0.294. The molecule has 7 heteroatoms. The van der Waals surface area contributed by atoms with Gasteiger partial charge in [0.2, 0.25) is 10.0 Å². The van der Waals surface area contributed by atoms with E-state index in [1.54, 1.807) is 30.3 Å². The maximum absolute atomic E-state index is 12.8. The molecule has 0 spiro atoms. The van der Waals surface area contributed by atoms with Crippen molar-refractivity contribution in [3.63, 3.8) is 0 Å². The van der Waals surface area contributed by atoms with Crippen LogP contribution in [-0.2, 0) is 16.4 Å². The molecule has 0 saturated heterocycles. The van der Waals surface area contributed by atoms with Crippen LogP contribution >= 0.6 is 0 Å². The van der Waals surface area contributed by atoms with Crippen LogP contribution < -0.4 is 14.5 Å². The molecule has 0 aliphatic carbocycles. The van der Waals surface area contributed by atoms with Gasteiger partial charge < -0.3 is 10.2 Å². The Balaban J connectivity index is 1.75. The normalized spacial score (nSPS) is 13.1. The molecule has 4 rings (SSSR count). The van der Waals surface area contributed by atoms with E-state index in [-0.39, 0.29) is 5.91 Å². The molecule has 0 atom stereocenters. The van der Waals surface area contributed by atoms with Crippen molar-refractivity contribution in [2.75, 3.05) is 34.4 Å². The van der Waals surface area contributed by atoms with E-state index in [0.29, 0.717) is 16.9 Å². The second kappa shape index (κ2) is 7.84. The molecule has 6 nitrogen and oxygen atoms in total. The lowest BCUT2D eigenvalue weighted by Gasteiger charge is -2.25. The quantitative estimate of drug-likeness (QED) is 0.675. The average Bonchev–Trinajstić information content (AvgIpc) is 3.17. The number of amides is 1. The van der Waals surface area contributed by atoms with Gasteiger partial charge in [0.15, 0.2) is 0 Å². The Hall–Kier alpha value is -3.32. The molecule has 0 radical (unpaired) electrons. The SMILES string of the molecule is CN(c1ccc(N2CCc3ccccc32)cc1NC(=O)c1ccccc1)S(C)(=O)=O. The number of nitrogens with one attached hydrogen (secondary N) is 1. The molecule has 30 heavy (non-hydrogen) atoms. The monoisotopic (exact) mass is 421 g/mol. The lowest BCUT2D eigenvalue weighted by molar-refractivity contribution is 0.102. The highest BCUT2D eigenvalue weighted by Crippen LogP contribution is 2.38. The summed E-state index contributed by atoms with van der Waals surface area (Å²) in [7, 11) is -2.01. The van der Waals surface area contributed by atoms with Crippen LogP contribution in [0.5, 0.6) is 0 Å². The van der Waals surface area contributed by atoms with Crippen molar-refractivity contribution in [3.05, 3.63) is 83.9 Å². The largest absolute Gasteiger partial charge is 0.341 e. The molecule has 0 bridgehead atoms. The van der Waals surface area contributed by atoms with Crippen molar-refractivity contribution in [3.8, 4) is 0 Å². The zero-order chi connectivity index (χ0) is 21.3. The molecule has 0 fully saturated rings. The molecule has 1 N–H and O–H groups in total. The maximum Gasteiger partial charge on any atom is 0.255 e. The Labute approximate surface area is 176 Å². The minimum atomic E-state index is -3.49. The van der Waals surface area contributed by atoms with Gasteiger partial charge in [-0.3, -0.25) is 9.10 Å². The lowest BCUT2D eigenvalue weighted by Crippen LogP contribution is -2.27. The zero-order valence-corrected chi connectivity index (χ0v) is 17.7. The van der Waals surface area contributed by atoms with Crippen LogP contribution in [0.25, 0.3) is 0 Å². The average molecular weight is 422 g/mol. The number of rotatable bonds is 5. The molecule has 3 aromatic rings. The fourth-order valence-corrected chi connectivity index (χ4v) is 4.15. The summed E-state index contributed by atoms with van der Waals surface area (Å²) in [5.41, 5.74) is 4.65. The van der Waals surface area contributed by atoms with Crippen molar-refractivity contribution in [2.24, 2.45) is 0 Å². The predicted molar refractivity (Wildman–Crippen MR) is 121 cm³/mol. The summed E-state index contributed by atoms with van der Waals surface area (Å²) in [6.45, 7) is 0.826. The molecule has 3 aromatic carbocycles. The fourth-order valence-electron chi connectivity index (χ4n) is 3.64. The fraction of sp³-hybridized carbons (Fsp3) is 0.174. The van der Waals surface area contributed by atoms with E-state index in [1.807, 2.05) is 30.3 Å². The van der Waals surface area contributed by atoms with Gasteiger partial charge in [-0.25, -0.2) is 8.42 Å². The molecule has 1 aliphatic heterocycles. The molecule has 1 aliphatic rings. The summed E-state index contributed by atoms with van der Waals surface area (Å²) in [6, 6.07) is 22.5. The Morgan fingerprint density at radius 2 is 1.70 bits per heavy atom. The highest BCUT2D eigenvalue weighted by Gasteiger charge is 2.23. The van der Waals surface area contributed by atoms with E-state index in [4.69, 9.17) is 0 Å². The van der Waals surface area contributed by atoms with E-state index in [2.05, 4.69) is 22.3 Å². The van der Waals surface area contributed by atoms with Gasteiger partial charge in [0, 0.05) is 30.5 Å². The summed E-state index contributed by atoms with van der Waals surface area (Å²) in [6.07, 6.45) is 2.08. The molecule has 154 valence electrons. The molecular formula is C23H23N3O3S. The topological polar surface area (TPSA) is 69.7 Å². The second-order valence-electron chi connectivity index (χ2n) is 7.28. The third kappa shape index (κ3) is 3.89. The van der Waals surface area contributed by atoms with Crippen LogP contribution in [0.15, 0.2) is 72.8 Å². The van der Waals surface area contributed by atoms with E-state index < -0.39 is 10.0 Å². The first-order valence-electron chi connectivity index (χ1n) is 9.64. The second-order valence-corrected chi connectivity index (χ2v) is 9.30. The number of sulfonamides is 1. The Kier molecular flexibility index (Phi) is 5.22. The smallest absolute Gasteiger partial charge is 0.255 e. The number of carbonyl (C=O) groups is 1. The number of hydrogen-bond acceptors (Lipinski definition) is 4. The molecular weight excluding hydrogens is 398 g/mol. The molecule has 1 amide bonds. The van der Waals surface area contributed by atoms with E-state index in [0.717, 1.165) is 30.6 Å². The van der Waals surface area contributed by atoms with Crippen molar-refractivity contribution < 1.29 is 13.2 Å². The first-order chi connectivity index (χ1) is 14.3. The molecule has 0 unspecified atom stereocenters. The highest BCUT2D eigenvalue weighted by atomic mass is 32.2. The van der Waals surface area contributed by atoms with Crippen LogP contribution in [0, 0.1) is 0 Å². The van der Waals surface area contributed by atoms with Crippen molar-refractivity contribution in [1.82, 2.24) is 0 Å². The van der Waals surface area contributed by atoms with Crippen LogP contribution in [0.2, 0.25) is 0 Å². The number of hydrogen-bond donors (Lipinski definition) is 1. The number of carbonyl (C=O) groups excluding carboxylic acids is 1. The van der Waals surface area contributed by atoms with Gasteiger partial charge in [0.25, 0.3) is 5.91 Å². The van der Waals surface area contributed by atoms with Gasteiger partial charge in [-0.2, -0.15) is 0 Å². The first-order valence-corrected chi connectivity index (χ1v) is 11.5. The van der Waals surface area contributed by atoms with Crippen LogP contribution in [-0.4, -0.2) is 34.2 Å². The van der Waals surface area contributed by atoms with Gasteiger partial charge >= 0.3 is 0 Å². The highest BCUT2D eigenvalue weighted by molar-refractivity contribution is 7.92. The lowest BCUT2D eigenvalue weighted by atomic mass is 10.1. The molecule has 0 aromatic heterocycles. The van der Waals surface area contributed by atoms with E-state index >= 15 is 0 Å². The number of anilines is 4.